The lowest BCUT2D eigenvalue weighted by molar-refractivity contribution is -0.133. The summed E-state index contributed by atoms with van der Waals surface area (Å²) in [5, 5.41) is 8.62. The molecule has 0 bridgehead atoms. The van der Waals surface area contributed by atoms with Crippen molar-refractivity contribution in [1.82, 2.24) is 0 Å². The van der Waals surface area contributed by atoms with Gasteiger partial charge in [0.2, 0.25) is 5.75 Å². The Balaban J connectivity index is 3.04. The fourth-order valence-electron chi connectivity index (χ4n) is 1.29. The largest absolute Gasteiger partial charge is 0.493 e. The second kappa shape index (κ2) is 6.24. The number of benzene rings is 1. The van der Waals surface area contributed by atoms with Crippen LogP contribution in [0.4, 0.5) is 0 Å². The number of thioether (sulfide) groups is 1. The number of carboxylic acids is 1. The van der Waals surface area contributed by atoms with Gasteiger partial charge in [0.15, 0.2) is 11.5 Å². The highest BCUT2D eigenvalue weighted by Gasteiger charge is 2.13. The maximum atomic E-state index is 10.5. The predicted octanol–water partition coefficient (Wildman–Crippen LogP) is 1.89. The van der Waals surface area contributed by atoms with Crippen LogP contribution in [0, 0.1) is 0 Å². The van der Waals surface area contributed by atoms with Crippen molar-refractivity contribution < 1.29 is 24.1 Å². The zero-order valence-electron chi connectivity index (χ0n) is 9.85. The average Bonchev–Trinajstić information content (AvgIpc) is 2.34. The van der Waals surface area contributed by atoms with Gasteiger partial charge in [-0.2, -0.15) is 0 Å². The van der Waals surface area contributed by atoms with Crippen LogP contribution in [0.5, 0.6) is 17.2 Å². The second-order valence-electron chi connectivity index (χ2n) is 3.04. The van der Waals surface area contributed by atoms with E-state index in [9.17, 15) is 4.79 Å². The number of aliphatic carboxylic acids is 1. The van der Waals surface area contributed by atoms with E-state index in [0.717, 1.165) is 4.90 Å². The molecule has 1 rings (SSSR count). The van der Waals surface area contributed by atoms with Crippen molar-refractivity contribution in [2.75, 3.05) is 27.1 Å². The number of hydrogen-bond donors (Lipinski definition) is 1. The Morgan fingerprint density at radius 3 is 2.06 bits per heavy atom. The Labute approximate surface area is 104 Å². The third kappa shape index (κ3) is 3.45. The van der Waals surface area contributed by atoms with Gasteiger partial charge in [0.1, 0.15) is 0 Å². The minimum atomic E-state index is -0.872. The fourth-order valence-corrected chi connectivity index (χ4v) is 1.96. The zero-order chi connectivity index (χ0) is 12.8. The first kappa shape index (κ1) is 13.5. The molecule has 1 aromatic rings. The molecule has 17 heavy (non-hydrogen) atoms. The first-order valence-electron chi connectivity index (χ1n) is 4.77. The topological polar surface area (TPSA) is 65.0 Å². The van der Waals surface area contributed by atoms with Gasteiger partial charge in [0.05, 0.1) is 27.1 Å². The van der Waals surface area contributed by atoms with Crippen LogP contribution in [-0.4, -0.2) is 38.2 Å². The molecule has 0 aliphatic heterocycles. The van der Waals surface area contributed by atoms with Gasteiger partial charge in [-0.15, -0.1) is 11.8 Å². The maximum Gasteiger partial charge on any atom is 0.313 e. The zero-order valence-corrected chi connectivity index (χ0v) is 10.7. The summed E-state index contributed by atoms with van der Waals surface area (Å²) in [5.74, 6) is 0.636. The number of carbonyl (C=O) groups is 1. The molecule has 0 saturated heterocycles. The molecule has 5 nitrogen and oxygen atoms in total. The minimum absolute atomic E-state index is 0.0152. The molecule has 0 unspecified atom stereocenters. The van der Waals surface area contributed by atoms with Gasteiger partial charge in [0.25, 0.3) is 0 Å². The molecular formula is C11H14O5S. The summed E-state index contributed by atoms with van der Waals surface area (Å²) in [6.45, 7) is 0. The van der Waals surface area contributed by atoms with E-state index in [1.165, 1.54) is 33.1 Å². The second-order valence-corrected chi connectivity index (χ2v) is 4.09. The van der Waals surface area contributed by atoms with Gasteiger partial charge >= 0.3 is 5.97 Å². The predicted molar refractivity (Wildman–Crippen MR) is 64.5 cm³/mol. The van der Waals surface area contributed by atoms with E-state index >= 15 is 0 Å². The molecule has 6 heteroatoms. The number of methoxy groups -OCH3 is 3. The first-order chi connectivity index (χ1) is 8.12. The van der Waals surface area contributed by atoms with Gasteiger partial charge in [-0.25, -0.2) is 0 Å². The quantitative estimate of drug-likeness (QED) is 0.786. The van der Waals surface area contributed by atoms with Gasteiger partial charge in [-0.1, -0.05) is 0 Å². The smallest absolute Gasteiger partial charge is 0.313 e. The molecule has 0 aliphatic rings. The van der Waals surface area contributed by atoms with E-state index in [0.29, 0.717) is 17.2 Å². The third-order valence-electron chi connectivity index (χ3n) is 2.00. The van der Waals surface area contributed by atoms with Crippen molar-refractivity contribution in [3.8, 4) is 17.2 Å². The summed E-state index contributed by atoms with van der Waals surface area (Å²) in [4.78, 5) is 11.2. The molecule has 0 spiro atoms. The molecule has 0 aromatic heterocycles. The fraction of sp³-hybridized carbons (Fsp3) is 0.364. The molecule has 1 aromatic carbocycles. The highest BCUT2D eigenvalue weighted by molar-refractivity contribution is 8.00. The summed E-state index contributed by atoms with van der Waals surface area (Å²) in [6.07, 6.45) is 0. The molecule has 0 fully saturated rings. The van der Waals surface area contributed by atoms with Crippen molar-refractivity contribution in [2.24, 2.45) is 0 Å². The average molecular weight is 258 g/mol. The van der Waals surface area contributed by atoms with Gasteiger partial charge in [-0.3, -0.25) is 4.79 Å². The van der Waals surface area contributed by atoms with Crippen molar-refractivity contribution in [2.45, 2.75) is 4.90 Å². The van der Waals surface area contributed by atoms with Gasteiger partial charge in [-0.05, 0) is 12.1 Å². The van der Waals surface area contributed by atoms with Crippen LogP contribution in [0.25, 0.3) is 0 Å². The third-order valence-corrected chi connectivity index (χ3v) is 2.96. The van der Waals surface area contributed by atoms with Crippen molar-refractivity contribution in [3.05, 3.63) is 12.1 Å². The Kier molecular flexibility index (Phi) is 4.96. The van der Waals surface area contributed by atoms with Crippen molar-refractivity contribution >= 4 is 17.7 Å². The number of rotatable bonds is 6. The maximum absolute atomic E-state index is 10.5. The highest BCUT2D eigenvalue weighted by Crippen LogP contribution is 2.40. The molecule has 0 radical (unpaired) electrons. The van der Waals surface area contributed by atoms with Crippen LogP contribution >= 0.6 is 11.8 Å². The van der Waals surface area contributed by atoms with Crippen LogP contribution in [0.2, 0.25) is 0 Å². The van der Waals surface area contributed by atoms with Crippen LogP contribution in [0.1, 0.15) is 0 Å². The molecule has 0 heterocycles. The SMILES string of the molecule is COc1cc(SCC(=O)O)cc(OC)c1OC. The van der Waals surface area contributed by atoms with Crippen molar-refractivity contribution in [3.63, 3.8) is 0 Å². The van der Waals surface area contributed by atoms with E-state index in [1.54, 1.807) is 12.1 Å². The normalized spacial score (nSPS) is 9.82. The number of carboxylic acid groups (broad SMARTS) is 1. The van der Waals surface area contributed by atoms with E-state index < -0.39 is 5.97 Å². The minimum Gasteiger partial charge on any atom is -0.493 e. The molecule has 0 atom stereocenters. The summed E-state index contributed by atoms with van der Waals surface area (Å²) >= 11 is 1.19. The lowest BCUT2D eigenvalue weighted by Gasteiger charge is -2.13. The van der Waals surface area contributed by atoms with E-state index in [2.05, 4.69) is 0 Å². The molecular weight excluding hydrogens is 244 g/mol. The summed E-state index contributed by atoms with van der Waals surface area (Å²) < 4.78 is 15.5. The summed E-state index contributed by atoms with van der Waals surface area (Å²) in [7, 11) is 4.55. The Hall–Kier alpha value is -1.56. The first-order valence-corrected chi connectivity index (χ1v) is 5.75. The standard InChI is InChI=1S/C11H14O5S/c1-14-8-4-7(17-6-10(12)13)5-9(15-2)11(8)16-3/h4-5H,6H2,1-3H3,(H,12,13). The lowest BCUT2D eigenvalue weighted by Crippen LogP contribution is -1.99. The molecule has 0 amide bonds. The molecule has 0 aliphatic carbocycles. The van der Waals surface area contributed by atoms with E-state index in [1.807, 2.05) is 0 Å². The van der Waals surface area contributed by atoms with Crippen LogP contribution in [-0.2, 0) is 4.79 Å². The molecule has 1 N–H and O–H groups in total. The lowest BCUT2D eigenvalue weighted by atomic mass is 10.3. The number of hydrogen-bond acceptors (Lipinski definition) is 5. The van der Waals surface area contributed by atoms with E-state index in [4.69, 9.17) is 19.3 Å². The Morgan fingerprint density at radius 2 is 1.71 bits per heavy atom. The van der Waals surface area contributed by atoms with Gasteiger partial charge in [0, 0.05) is 4.90 Å². The molecule has 0 saturated carbocycles. The van der Waals surface area contributed by atoms with Crippen LogP contribution in [0.3, 0.4) is 0 Å². The van der Waals surface area contributed by atoms with Crippen LogP contribution in [0.15, 0.2) is 17.0 Å². The number of ether oxygens (including phenoxy) is 3. The summed E-state index contributed by atoms with van der Waals surface area (Å²) in [6, 6.07) is 3.43. The van der Waals surface area contributed by atoms with E-state index in [-0.39, 0.29) is 5.75 Å². The highest BCUT2D eigenvalue weighted by atomic mass is 32.2. The monoisotopic (exact) mass is 258 g/mol. The van der Waals surface area contributed by atoms with Crippen molar-refractivity contribution in [1.29, 1.82) is 0 Å². The molecule has 94 valence electrons. The van der Waals surface area contributed by atoms with Gasteiger partial charge < -0.3 is 19.3 Å². The summed E-state index contributed by atoms with van der Waals surface area (Å²) in [5.41, 5.74) is 0. The Bertz CT molecular complexity index is 380. The Morgan fingerprint density at radius 1 is 1.18 bits per heavy atom. The van der Waals surface area contributed by atoms with Crippen LogP contribution < -0.4 is 14.2 Å².